The van der Waals surface area contributed by atoms with Crippen LogP contribution in [0.15, 0.2) is 48.5 Å². The minimum absolute atomic E-state index is 0.0584. The maximum absolute atomic E-state index is 11.3. The van der Waals surface area contributed by atoms with Crippen molar-refractivity contribution in [2.24, 2.45) is 0 Å². The number of nitrogens with one attached hydrogen (secondary N) is 2. The van der Waals surface area contributed by atoms with Gasteiger partial charge in [-0.25, -0.2) is 8.42 Å². The van der Waals surface area contributed by atoms with Crippen LogP contribution < -0.4 is 10.0 Å². The number of anilines is 1. The van der Waals surface area contributed by atoms with E-state index in [0.717, 1.165) is 29.6 Å². The number of hydrogen-bond acceptors (Lipinski definition) is 3. The zero-order valence-electron chi connectivity index (χ0n) is 17.2. The van der Waals surface area contributed by atoms with Gasteiger partial charge in [0.25, 0.3) is 0 Å². The zero-order chi connectivity index (χ0) is 20.9. The van der Waals surface area contributed by atoms with E-state index in [1.54, 1.807) is 12.1 Å². The van der Waals surface area contributed by atoms with Gasteiger partial charge in [0.2, 0.25) is 10.0 Å². The van der Waals surface area contributed by atoms with Crippen LogP contribution in [-0.4, -0.2) is 19.7 Å². The van der Waals surface area contributed by atoms with Gasteiger partial charge in [-0.3, -0.25) is 4.72 Å². The van der Waals surface area contributed by atoms with Crippen molar-refractivity contribution in [1.29, 1.82) is 0 Å². The summed E-state index contributed by atoms with van der Waals surface area (Å²) in [6.07, 6.45) is 2.84. The summed E-state index contributed by atoms with van der Waals surface area (Å²) in [5, 5.41) is 3.36. The SMILES string of the molecule is C[C@@H](NC(=S)CCc1ccc(C(C)(C)C)cc1)c1ccc(NS(C)(=O)=O)cc1. The molecule has 2 aromatic carbocycles. The predicted octanol–water partition coefficient (Wildman–Crippen LogP) is 4.97. The minimum Gasteiger partial charge on any atom is -0.373 e. The number of aryl methyl sites for hydroxylation is 1. The molecule has 0 heterocycles. The van der Waals surface area contributed by atoms with E-state index < -0.39 is 10.0 Å². The smallest absolute Gasteiger partial charge is 0.229 e. The van der Waals surface area contributed by atoms with Gasteiger partial charge in [-0.1, -0.05) is 69.4 Å². The lowest BCUT2D eigenvalue weighted by Gasteiger charge is -2.19. The number of sulfonamides is 1. The van der Waals surface area contributed by atoms with Crippen molar-refractivity contribution < 1.29 is 8.42 Å². The first-order valence-electron chi connectivity index (χ1n) is 9.40. The lowest BCUT2D eigenvalue weighted by molar-refractivity contribution is 0.590. The molecule has 0 saturated heterocycles. The molecular weight excluding hydrogens is 388 g/mol. The number of hydrogen-bond donors (Lipinski definition) is 2. The van der Waals surface area contributed by atoms with Crippen molar-refractivity contribution in [3.8, 4) is 0 Å². The summed E-state index contributed by atoms with van der Waals surface area (Å²) < 4.78 is 25.0. The van der Waals surface area contributed by atoms with Crippen molar-refractivity contribution >= 4 is 32.9 Å². The molecule has 1 atom stereocenters. The third kappa shape index (κ3) is 7.24. The van der Waals surface area contributed by atoms with Crippen molar-refractivity contribution in [2.45, 2.75) is 52.0 Å². The van der Waals surface area contributed by atoms with Crippen molar-refractivity contribution in [2.75, 3.05) is 11.0 Å². The summed E-state index contributed by atoms with van der Waals surface area (Å²) in [5.41, 5.74) is 4.38. The van der Waals surface area contributed by atoms with E-state index in [0.29, 0.717) is 5.69 Å². The first-order valence-corrected chi connectivity index (χ1v) is 11.7. The molecule has 0 fully saturated rings. The van der Waals surface area contributed by atoms with Crippen LogP contribution in [0.1, 0.15) is 56.8 Å². The fourth-order valence-electron chi connectivity index (χ4n) is 2.88. The zero-order valence-corrected chi connectivity index (χ0v) is 18.9. The highest BCUT2D eigenvalue weighted by atomic mass is 32.2. The maximum Gasteiger partial charge on any atom is 0.229 e. The van der Waals surface area contributed by atoms with E-state index in [4.69, 9.17) is 12.2 Å². The summed E-state index contributed by atoms with van der Waals surface area (Å²) >= 11 is 5.51. The molecule has 0 saturated carbocycles. The van der Waals surface area contributed by atoms with Crippen LogP contribution >= 0.6 is 12.2 Å². The van der Waals surface area contributed by atoms with Gasteiger partial charge >= 0.3 is 0 Å². The number of thiocarbonyl (C=S) groups is 1. The molecule has 6 heteroatoms. The second-order valence-corrected chi connectivity index (χ2v) is 10.5. The molecule has 0 amide bonds. The van der Waals surface area contributed by atoms with Gasteiger partial charge in [-0.15, -0.1) is 0 Å². The monoisotopic (exact) mass is 418 g/mol. The van der Waals surface area contributed by atoms with Gasteiger partial charge < -0.3 is 5.32 Å². The fourth-order valence-corrected chi connectivity index (χ4v) is 3.72. The molecular formula is C22H30N2O2S2. The number of rotatable bonds is 7. The van der Waals surface area contributed by atoms with Gasteiger partial charge in [-0.2, -0.15) is 0 Å². The van der Waals surface area contributed by atoms with Gasteiger partial charge in [0.1, 0.15) is 0 Å². The van der Waals surface area contributed by atoms with Crippen LogP contribution in [-0.2, 0) is 21.9 Å². The lowest BCUT2D eigenvalue weighted by Crippen LogP contribution is -2.25. The van der Waals surface area contributed by atoms with Crippen LogP contribution in [0.2, 0.25) is 0 Å². The van der Waals surface area contributed by atoms with Crippen molar-refractivity contribution in [3.05, 3.63) is 65.2 Å². The summed E-state index contributed by atoms with van der Waals surface area (Å²) in [6, 6.07) is 16.1. The molecule has 4 nitrogen and oxygen atoms in total. The highest BCUT2D eigenvalue weighted by molar-refractivity contribution is 7.92. The molecule has 152 valence electrons. The van der Waals surface area contributed by atoms with E-state index in [1.165, 1.54) is 11.1 Å². The Labute approximate surface area is 174 Å². The van der Waals surface area contributed by atoms with E-state index in [9.17, 15) is 8.42 Å². The third-order valence-electron chi connectivity index (χ3n) is 4.55. The van der Waals surface area contributed by atoms with Gasteiger partial charge in [-0.05, 0) is 47.6 Å². The molecule has 0 unspecified atom stereocenters. The Balaban J connectivity index is 1.87. The summed E-state index contributed by atoms with van der Waals surface area (Å²) in [4.78, 5) is 0.825. The Morgan fingerprint density at radius 1 is 1.04 bits per heavy atom. The predicted molar refractivity (Wildman–Crippen MR) is 123 cm³/mol. The summed E-state index contributed by atoms with van der Waals surface area (Å²) in [5.74, 6) is 0. The van der Waals surface area contributed by atoms with Crippen molar-refractivity contribution in [3.63, 3.8) is 0 Å². The van der Waals surface area contributed by atoms with E-state index in [-0.39, 0.29) is 11.5 Å². The molecule has 0 aromatic heterocycles. The first-order chi connectivity index (χ1) is 12.9. The standard InChI is InChI=1S/C22H30N2O2S2/c1-16(18-9-13-20(14-10-18)24-28(5,25)26)23-21(27)15-8-17-6-11-19(12-7-17)22(2,3)4/h6-7,9-14,16,24H,8,15H2,1-5H3,(H,23,27)/t16-/m1/s1. The molecule has 2 N–H and O–H groups in total. The molecule has 2 rings (SSSR count). The fraction of sp³-hybridized carbons (Fsp3) is 0.409. The highest BCUT2D eigenvalue weighted by Crippen LogP contribution is 2.22. The van der Waals surface area contributed by atoms with E-state index >= 15 is 0 Å². The topological polar surface area (TPSA) is 58.2 Å². The molecule has 0 aliphatic carbocycles. The lowest BCUT2D eigenvalue weighted by atomic mass is 9.86. The Kier molecular flexibility index (Phi) is 7.23. The van der Waals surface area contributed by atoms with Gasteiger partial charge in [0.05, 0.1) is 11.2 Å². The number of benzene rings is 2. The highest BCUT2D eigenvalue weighted by Gasteiger charge is 2.13. The average Bonchev–Trinajstić information content (AvgIpc) is 2.59. The third-order valence-corrected chi connectivity index (χ3v) is 5.48. The van der Waals surface area contributed by atoms with Gasteiger partial charge in [0, 0.05) is 18.2 Å². The largest absolute Gasteiger partial charge is 0.373 e. The molecule has 0 aliphatic rings. The Morgan fingerprint density at radius 2 is 1.61 bits per heavy atom. The Hall–Kier alpha value is -1.92. The molecule has 0 spiro atoms. The molecule has 0 bridgehead atoms. The second kappa shape index (κ2) is 9.05. The molecule has 0 radical (unpaired) electrons. The Bertz CT molecular complexity index is 897. The van der Waals surface area contributed by atoms with E-state index in [1.807, 2.05) is 19.1 Å². The van der Waals surface area contributed by atoms with Crippen molar-refractivity contribution in [1.82, 2.24) is 5.32 Å². The molecule has 0 aliphatic heterocycles. The molecule has 2 aromatic rings. The van der Waals surface area contributed by atoms with Gasteiger partial charge in [0.15, 0.2) is 0 Å². The summed E-state index contributed by atoms with van der Waals surface area (Å²) in [7, 11) is -3.26. The van der Waals surface area contributed by atoms with Crippen LogP contribution in [0, 0.1) is 0 Å². The quantitative estimate of drug-likeness (QED) is 0.624. The van der Waals surface area contributed by atoms with Crippen LogP contribution in [0.5, 0.6) is 0 Å². The first kappa shape index (κ1) is 22.4. The minimum atomic E-state index is -3.26. The average molecular weight is 419 g/mol. The molecule has 28 heavy (non-hydrogen) atoms. The normalized spacial score (nSPS) is 13.0. The van der Waals surface area contributed by atoms with E-state index in [2.05, 4.69) is 55.1 Å². The van der Waals surface area contributed by atoms with Crippen LogP contribution in [0.25, 0.3) is 0 Å². The van der Waals surface area contributed by atoms with Crippen LogP contribution in [0.3, 0.4) is 0 Å². The second-order valence-electron chi connectivity index (χ2n) is 8.23. The summed E-state index contributed by atoms with van der Waals surface area (Å²) in [6.45, 7) is 8.69. The van der Waals surface area contributed by atoms with Crippen LogP contribution in [0.4, 0.5) is 5.69 Å². The Morgan fingerprint density at radius 3 is 2.11 bits per heavy atom. The maximum atomic E-state index is 11.3.